The smallest absolute Gasteiger partial charge is 0.187 e. The molecule has 0 saturated heterocycles. The van der Waals surface area contributed by atoms with Gasteiger partial charge in [-0.15, -0.1) is 0 Å². The maximum atomic E-state index is 5.96. The van der Waals surface area contributed by atoms with Crippen molar-refractivity contribution in [1.29, 1.82) is 0 Å². The van der Waals surface area contributed by atoms with Gasteiger partial charge in [-0.25, -0.2) is 0 Å². The second-order valence-electron chi connectivity index (χ2n) is 5.28. The minimum Gasteiger partial charge on any atom is -0.418 e. The van der Waals surface area contributed by atoms with Gasteiger partial charge >= 0.3 is 0 Å². The molecule has 14 heavy (non-hydrogen) atoms. The lowest BCUT2D eigenvalue weighted by Crippen LogP contribution is -2.22. The van der Waals surface area contributed by atoms with Crippen LogP contribution in [0.15, 0.2) is 11.3 Å². The second-order valence-corrected chi connectivity index (χ2v) is 7.09. The lowest BCUT2D eigenvalue weighted by Gasteiger charge is -2.26. The van der Waals surface area contributed by atoms with E-state index in [1.54, 1.807) is 0 Å². The number of hydrogen-bond acceptors (Lipinski definition) is 1. The van der Waals surface area contributed by atoms with Crippen molar-refractivity contribution < 1.29 is 4.43 Å². The summed E-state index contributed by atoms with van der Waals surface area (Å²) in [6, 6.07) is 0. The predicted molar refractivity (Wildman–Crippen MR) is 62.9 cm³/mol. The van der Waals surface area contributed by atoms with Crippen LogP contribution in [0.3, 0.4) is 0 Å². The summed E-state index contributed by atoms with van der Waals surface area (Å²) >= 11 is 0. The van der Waals surface area contributed by atoms with Gasteiger partial charge in [-0.3, -0.25) is 0 Å². The van der Waals surface area contributed by atoms with Crippen molar-refractivity contribution in [2.75, 3.05) is 6.61 Å². The van der Waals surface area contributed by atoms with Crippen LogP contribution in [0.25, 0.3) is 0 Å². The van der Waals surface area contributed by atoms with Crippen LogP contribution in [-0.2, 0) is 4.43 Å². The molecule has 2 fully saturated rings. The Morgan fingerprint density at radius 3 is 2.71 bits per heavy atom. The molecule has 0 atom stereocenters. The van der Waals surface area contributed by atoms with Gasteiger partial charge in [-0.05, 0) is 57.3 Å². The molecule has 2 rings (SSSR count). The van der Waals surface area contributed by atoms with Crippen molar-refractivity contribution in [2.45, 2.75) is 46.0 Å². The van der Waals surface area contributed by atoms with Gasteiger partial charge in [0.1, 0.15) is 0 Å². The summed E-state index contributed by atoms with van der Waals surface area (Å²) in [7, 11) is -0.365. The SMILES string of the molecule is C/C=C(\C)[SiH2]OCC12CCC(CC1)C2. The highest BCUT2D eigenvalue weighted by Gasteiger charge is 2.44. The fraction of sp³-hybridized carbons (Fsp3) is 0.833. The molecule has 80 valence electrons. The van der Waals surface area contributed by atoms with Crippen molar-refractivity contribution >= 4 is 9.76 Å². The monoisotopic (exact) mass is 210 g/mol. The van der Waals surface area contributed by atoms with Gasteiger partial charge in [0, 0.05) is 6.61 Å². The Morgan fingerprint density at radius 2 is 2.21 bits per heavy atom. The van der Waals surface area contributed by atoms with E-state index in [1.165, 1.54) is 37.3 Å². The van der Waals surface area contributed by atoms with Gasteiger partial charge in [0.2, 0.25) is 0 Å². The van der Waals surface area contributed by atoms with E-state index in [0.717, 1.165) is 12.5 Å². The zero-order chi connectivity index (χ0) is 10.0. The maximum absolute atomic E-state index is 5.96. The molecule has 0 spiro atoms. The zero-order valence-corrected chi connectivity index (χ0v) is 10.9. The van der Waals surface area contributed by atoms with Crippen LogP contribution in [0.4, 0.5) is 0 Å². The highest BCUT2D eigenvalue weighted by molar-refractivity contribution is 6.37. The van der Waals surface area contributed by atoms with Crippen molar-refractivity contribution in [1.82, 2.24) is 0 Å². The third-order valence-corrected chi connectivity index (χ3v) is 5.39. The summed E-state index contributed by atoms with van der Waals surface area (Å²) in [5, 5.41) is 1.49. The summed E-state index contributed by atoms with van der Waals surface area (Å²) in [4.78, 5) is 0. The average Bonchev–Trinajstić information content (AvgIpc) is 2.77. The first-order valence-electron chi connectivity index (χ1n) is 5.94. The normalized spacial score (nSPS) is 37.6. The topological polar surface area (TPSA) is 9.23 Å². The molecule has 0 aromatic heterocycles. The van der Waals surface area contributed by atoms with Crippen LogP contribution in [0.2, 0.25) is 0 Å². The van der Waals surface area contributed by atoms with Crippen molar-refractivity contribution in [3.05, 3.63) is 11.3 Å². The predicted octanol–water partition coefficient (Wildman–Crippen LogP) is 2.59. The largest absolute Gasteiger partial charge is 0.418 e. The van der Waals surface area contributed by atoms with E-state index in [2.05, 4.69) is 19.9 Å². The molecule has 0 N–H and O–H groups in total. The van der Waals surface area contributed by atoms with Crippen molar-refractivity contribution in [3.63, 3.8) is 0 Å². The second kappa shape index (κ2) is 4.19. The summed E-state index contributed by atoms with van der Waals surface area (Å²) in [5.41, 5.74) is 0.631. The molecule has 2 bridgehead atoms. The van der Waals surface area contributed by atoms with Crippen molar-refractivity contribution in [3.8, 4) is 0 Å². The van der Waals surface area contributed by atoms with E-state index in [0.29, 0.717) is 5.41 Å². The van der Waals surface area contributed by atoms with Gasteiger partial charge in [0.05, 0.1) is 0 Å². The molecule has 0 aromatic rings. The number of rotatable bonds is 4. The summed E-state index contributed by atoms with van der Waals surface area (Å²) < 4.78 is 5.96. The Balaban J connectivity index is 1.75. The van der Waals surface area contributed by atoms with Gasteiger partial charge in [-0.1, -0.05) is 11.3 Å². The molecular weight excluding hydrogens is 188 g/mol. The van der Waals surface area contributed by atoms with Crippen LogP contribution in [-0.4, -0.2) is 16.4 Å². The standard InChI is InChI=1S/C12H22OSi/c1-3-10(2)14-13-9-12-6-4-11(8-12)5-7-12/h3,11H,4-9,14H2,1-2H3/b10-3+. The van der Waals surface area contributed by atoms with E-state index in [4.69, 9.17) is 4.43 Å². The number of hydrogen-bond donors (Lipinski definition) is 0. The molecule has 0 radical (unpaired) electrons. The third kappa shape index (κ3) is 2.11. The number of allylic oxidation sites excluding steroid dienone is 2. The van der Waals surface area contributed by atoms with E-state index in [9.17, 15) is 0 Å². The van der Waals surface area contributed by atoms with Gasteiger partial charge in [-0.2, -0.15) is 0 Å². The number of fused-ring (bicyclic) bond motifs is 2. The fourth-order valence-corrected chi connectivity index (χ4v) is 4.05. The molecule has 0 aliphatic heterocycles. The van der Waals surface area contributed by atoms with Gasteiger partial charge in [0.25, 0.3) is 0 Å². The van der Waals surface area contributed by atoms with Gasteiger partial charge < -0.3 is 4.43 Å². The summed E-state index contributed by atoms with van der Waals surface area (Å²) in [6.07, 6.45) is 9.52. The van der Waals surface area contributed by atoms with Crippen LogP contribution < -0.4 is 0 Å². The molecule has 0 amide bonds. The molecule has 2 aliphatic carbocycles. The Morgan fingerprint density at radius 1 is 1.50 bits per heavy atom. The molecular formula is C12H22OSi. The lowest BCUT2D eigenvalue weighted by molar-refractivity contribution is 0.158. The maximum Gasteiger partial charge on any atom is 0.187 e. The first-order valence-corrected chi connectivity index (χ1v) is 7.22. The highest BCUT2D eigenvalue weighted by atomic mass is 28.2. The van der Waals surface area contributed by atoms with Crippen molar-refractivity contribution in [2.24, 2.45) is 11.3 Å². The van der Waals surface area contributed by atoms with Crippen LogP contribution in [0, 0.1) is 11.3 Å². The molecule has 0 aromatic carbocycles. The average molecular weight is 210 g/mol. The molecule has 2 aliphatic rings. The first-order chi connectivity index (χ1) is 6.74. The van der Waals surface area contributed by atoms with Crippen LogP contribution in [0.5, 0.6) is 0 Å². The zero-order valence-electron chi connectivity index (χ0n) is 9.51. The molecule has 2 heteroatoms. The van der Waals surface area contributed by atoms with E-state index in [1.807, 2.05) is 0 Å². The van der Waals surface area contributed by atoms with E-state index >= 15 is 0 Å². The lowest BCUT2D eigenvalue weighted by atomic mass is 9.85. The third-order valence-electron chi connectivity index (χ3n) is 4.12. The molecule has 0 heterocycles. The van der Waals surface area contributed by atoms with Crippen LogP contribution in [0.1, 0.15) is 46.0 Å². The van der Waals surface area contributed by atoms with E-state index in [-0.39, 0.29) is 9.76 Å². The summed E-state index contributed by atoms with van der Waals surface area (Å²) in [6.45, 7) is 5.39. The fourth-order valence-electron chi connectivity index (χ4n) is 3.03. The Kier molecular flexibility index (Phi) is 3.13. The summed E-state index contributed by atoms with van der Waals surface area (Å²) in [5.74, 6) is 1.06. The molecule has 1 nitrogen and oxygen atoms in total. The minimum absolute atomic E-state index is 0.365. The Labute approximate surface area is 89.9 Å². The van der Waals surface area contributed by atoms with Crippen LogP contribution >= 0.6 is 0 Å². The molecule has 0 unspecified atom stereocenters. The minimum atomic E-state index is -0.365. The Hall–Kier alpha value is -0.0831. The quantitative estimate of drug-likeness (QED) is 0.648. The Bertz CT molecular complexity index is 226. The van der Waals surface area contributed by atoms with E-state index < -0.39 is 0 Å². The molecule has 2 saturated carbocycles. The van der Waals surface area contributed by atoms with Gasteiger partial charge in [0.15, 0.2) is 9.76 Å². The first kappa shape index (κ1) is 10.4. The highest BCUT2D eigenvalue weighted by Crippen LogP contribution is 2.54.